The van der Waals surface area contributed by atoms with Crippen molar-refractivity contribution in [2.24, 2.45) is 0 Å². The van der Waals surface area contributed by atoms with Crippen LogP contribution in [0, 0.1) is 0 Å². The lowest BCUT2D eigenvalue weighted by molar-refractivity contribution is -0.141. The highest BCUT2D eigenvalue weighted by Gasteiger charge is 2.34. The molecule has 6 nitrogen and oxygen atoms in total. The van der Waals surface area contributed by atoms with E-state index in [4.69, 9.17) is 4.52 Å². The Morgan fingerprint density at radius 2 is 2.15 bits per heavy atom. The largest absolute Gasteiger partial charge is 0.433 e. The molecule has 3 aromatic rings. The number of carbonyl (C=O) groups excluding carboxylic acids is 1. The van der Waals surface area contributed by atoms with Gasteiger partial charge in [-0.3, -0.25) is 9.78 Å². The van der Waals surface area contributed by atoms with Crippen molar-refractivity contribution in [1.29, 1.82) is 0 Å². The molecule has 0 aromatic carbocycles. The lowest BCUT2D eigenvalue weighted by Gasteiger charge is -2.16. The van der Waals surface area contributed by atoms with Gasteiger partial charge in [-0.2, -0.15) is 18.2 Å². The monoisotopic (exact) mass is 394 g/mol. The van der Waals surface area contributed by atoms with Crippen molar-refractivity contribution in [3.05, 3.63) is 52.9 Å². The highest BCUT2D eigenvalue weighted by molar-refractivity contribution is 7.13. The topological polar surface area (TPSA) is 72.1 Å². The molecule has 1 aliphatic rings. The summed E-state index contributed by atoms with van der Waals surface area (Å²) >= 11 is 1.49. The van der Waals surface area contributed by atoms with Crippen LogP contribution in [0.5, 0.6) is 0 Å². The highest BCUT2D eigenvalue weighted by Crippen LogP contribution is 2.30. The number of aromatic nitrogens is 3. The standard InChI is InChI=1S/C17H13F3N4O2S/c18-17(19,20)13-4-3-10(8-21-13)16(25)24-6-5-11(9-24)14-22-15(26-23-14)12-2-1-7-27-12/h1-4,7-8,11H,5-6,9H2. The first kappa shape index (κ1) is 17.7. The molecule has 1 unspecified atom stereocenters. The van der Waals surface area contributed by atoms with E-state index in [-0.39, 0.29) is 17.4 Å². The van der Waals surface area contributed by atoms with Gasteiger partial charge in [0.1, 0.15) is 5.69 Å². The first-order valence-electron chi connectivity index (χ1n) is 8.12. The zero-order valence-corrected chi connectivity index (χ0v) is 14.6. The van der Waals surface area contributed by atoms with E-state index in [0.717, 1.165) is 23.2 Å². The number of pyridine rings is 1. The van der Waals surface area contributed by atoms with E-state index in [1.165, 1.54) is 11.3 Å². The molecule has 1 fully saturated rings. The summed E-state index contributed by atoms with van der Waals surface area (Å²) in [6.45, 7) is 0.844. The second-order valence-corrected chi connectivity index (χ2v) is 7.05. The van der Waals surface area contributed by atoms with Crippen molar-refractivity contribution in [3.8, 4) is 10.8 Å². The van der Waals surface area contributed by atoms with Gasteiger partial charge >= 0.3 is 6.18 Å². The quantitative estimate of drug-likeness (QED) is 0.675. The summed E-state index contributed by atoms with van der Waals surface area (Å²) < 4.78 is 43.0. The number of thiophene rings is 1. The van der Waals surface area contributed by atoms with Crippen LogP contribution in [0.2, 0.25) is 0 Å². The fourth-order valence-corrected chi connectivity index (χ4v) is 3.57. The van der Waals surface area contributed by atoms with Crippen LogP contribution in [0.3, 0.4) is 0 Å². The number of carbonyl (C=O) groups is 1. The normalized spacial score (nSPS) is 17.4. The number of alkyl halides is 3. The van der Waals surface area contributed by atoms with Gasteiger partial charge in [0.05, 0.1) is 10.4 Å². The Labute approximate surface area is 155 Å². The third-order valence-corrected chi connectivity index (χ3v) is 5.17. The number of likely N-dealkylation sites (tertiary alicyclic amines) is 1. The van der Waals surface area contributed by atoms with E-state index >= 15 is 0 Å². The number of hydrogen-bond acceptors (Lipinski definition) is 6. The average Bonchev–Trinajstić information content (AvgIpc) is 3.40. The Bertz CT molecular complexity index is 938. The van der Waals surface area contributed by atoms with E-state index in [1.807, 2.05) is 17.5 Å². The maximum atomic E-state index is 12.6. The predicted octanol–water partition coefficient (Wildman–Crippen LogP) is 3.84. The number of halogens is 3. The van der Waals surface area contributed by atoms with Crippen LogP contribution in [-0.2, 0) is 6.18 Å². The van der Waals surface area contributed by atoms with Crippen LogP contribution in [0.25, 0.3) is 10.8 Å². The van der Waals surface area contributed by atoms with Crippen molar-refractivity contribution >= 4 is 17.2 Å². The molecule has 4 heterocycles. The Hall–Kier alpha value is -2.75. The van der Waals surface area contributed by atoms with Gasteiger partial charge in [0.2, 0.25) is 0 Å². The summed E-state index contributed by atoms with van der Waals surface area (Å²) in [7, 11) is 0. The van der Waals surface area contributed by atoms with Gasteiger partial charge in [0.15, 0.2) is 5.82 Å². The molecule has 0 aliphatic carbocycles. The van der Waals surface area contributed by atoms with Gasteiger partial charge in [-0.1, -0.05) is 11.2 Å². The molecule has 1 aliphatic heterocycles. The molecule has 4 rings (SSSR count). The second-order valence-electron chi connectivity index (χ2n) is 6.10. The van der Waals surface area contributed by atoms with Crippen LogP contribution in [0.4, 0.5) is 13.2 Å². The lowest BCUT2D eigenvalue weighted by Crippen LogP contribution is -2.28. The van der Waals surface area contributed by atoms with E-state index in [2.05, 4.69) is 15.1 Å². The molecular formula is C17H13F3N4O2S. The molecule has 0 saturated carbocycles. The molecule has 27 heavy (non-hydrogen) atoms. The van der Waals surface area contributed by atoms with Crippen LogP contribution < -0.4 is 0 Å². The first-order chi connectivity index (χ1) is 12.9. The Morgan fingerprint density at radius 3 is 2.81 bits per heavy atom. The molecule has 1 amide bonds. The number of hydrogen-bond donors (Lipinski definition) is 0. The Morgan fingerprint density at radius 1 is 1.30 bits per heavy atom. The zero-order chi connectivity index (χ0) is 19.0. The molecule has 3 aromatic heterocycles. The van der Waals surface area contributed by atoms with E-state index in [9.17, 15) is 18.0 Å². The van der Waals surface area contributed by atoms with Gasteiger partial charge in [-0.15, -0.1) is 11.3 Å². The molecule has 1 saturated heterocycles. The number of nitrogens with zero attached hydrogens (tertiary/aromatic N) is 4. The molecule has 0 radical (unpaired) electrons. The van der Waals surface area contributed by atoms with Gasteiger partial charge in [-0.05, 0) is 30.0 Å². The summed E-state index contributed by atoms with van der Waals surface area (Å²) in [5.74, 6) is 0.533. The van der Waals surface area contributed by atoms with E-state index in [0.29, 0.717) is 31.2 Å². The molecule has 0 bridgehead atoms. The van der Waals surface area contributed by atoms with E-state index in [1.54, 1.807) is 4.90 Å². The summed E-state index contributed by atoms with van der Waals surface area (Å²) in [5.41, 5.74) is -0.901. The second kappa shape index (κ2) is 6.76. The number of amides is 1. The maximum Gasteiger partial charge on any atom is 0.433 e. The maximum absolute atomic E-state index is 12.6. The third-order valence-electron chi connectivity index (χ3n) is 4.32. The van der Waals surface area contributed by atoms with Crippen LogP contribution in [-0.4, -0.2) is 39.0 Å². The molecule has 140 valence electrons. The fourth-order valence-electron chi connectivity index (χ4n) is 2.93. The van der Waals surface area contributed by atoms with Crippen molar-refractivity contribution in [2.45, 2.75) is 18.5 Å². The summed E-state index contributed by atoms with van der Waals surface area (Å²) in [5, 5.41) is 5.91. The smallest absolute Gasteiger partial charge is 0.338 e. The number of rotatable bonds is 3. The van der Waals surface area contributed by atoms with E-state index < -0.39 is 11.9 Å². The summed E-state index contributed by atoms with van der Waals surface area (Å²) in [6, 6.07) is 5.73. The van der Waals surface area contributed by atoms with Crippen LogP contribution >= 0.6 is 11.3 Å². The summed E-state index contributed by atoms with van der Waals surface area (Å²) in [6.07, 6.45) is -2.91. The minimum absolute atomic E-state index is 0.0752. The minimum atomic E-state index is -4.53. The minimum Gasteiger partial charge on any atom is -0.338 e. The van der Waals surface area contributed by atoms with Crippen LogP contribution in [0.15, 0.2) is 40.4 Å². The van der Waals surface area contributed by atoms with Crippen LogP contribution in [0.1, 0.15) is 34.2 Å². The molecule has 0 spiro atoms. The average molecular weight is 394 g/mol. The predicted molar refractivity (Wildman–Crippen MR) is 90.1 cm³/mol. The van der Waals surface area contributed by atoms with Gasteiger partial charge in [0, 0.05) is 25.2 Å². The van der Waals surface area contributed by atoms with Gasteiger partial charge in [-0.25, -0.2) is 0 Å². The van der Waals surface area contributed by atoms with Crippen molar-refractivity contribution in [1.82, 2.24) is 20.0 Å². The SMILES string of the molecule is O=C(c1ccc(C(F)(F)F)nc1)N1CCC(c2noc(-c3cccs3)n2)C1. The lowest BCUT2D eigenvalue weighted by atomic mass is 10.1. The molecular weight excluding hydrogens is 381 g/mol. The highest BCUT2D eigenvalue weighted by atomic mass is 32.1. The van der Waals surface area contributed by atoms with Crippen molar-refractivity contribution in [2.75, 3.05) is 13.1 Å². The van der Waals surface area contributed by atoms with Crippen molar-refractivity contribution < 1.29 is 22.5 Å². The molecule has 1 atom stereocenters. The first-order valence-corrected chi connectivity index (χ1v) is 9.00. The zero-order valence-electron chi connectivity index (χ0n) is 13.8. The van der Waals surface area contributed by atoms with Crippen molar-refractivity contribution in [3.63, 3.8) is 0 Å². The Kier molecular flexibility index (Phi) is 4.42. The molecule has 0 N–H and O–H groups in total. The summed E-state index contributed by atoms with van der Waals surface area (Å²) in [4.78, 5) is 22.7. The third kappa shape index (κ3) is 3.57. The fraction of sp³-hybridized carbons (Fsp3) is 0.294. The molecule has 10 heteroatoms. The van der Waals surface area contributed by atoms with Gasteiger partial charge < -0.3 is 9.42 Å². The van der Waals surface area contributed by atoms with Gasteiger partial charge in [0.25, 0.3) is 11.8 Å². The Balaban J connectivity index is 1.44.